The van der Waals surface area contributed by atoms with Crippen LogP contribution in [0.3, 0.4) is 0 Å². The van der Waals surface area contributed by atoms with Crippen molar-refractivity contribution in [1.82, 2.24) is 0 Å². The predicted octanol–water partition coefficient (Wildman–Crippen LogP) is 5.15. The van der Waals surface area contributed by atoms with Gasteiger partial charge in [-0.05, 0) is 0 Å². The van der Waals surface area contributed by atoms with Gasteiger partial charge in [0, 0.05) is 0 Å². The molecular formula is C7F15. The fourth-order valence-electron chi connectivity index (χ4n) is 0.750. The standard InChI is InChI=1S/C6F14.CF/c7-1(8,3(11,12)5(15,16)17)2(9,10)4(13,14)6(18,19)20;1-2. The first kappa shape index (κ1) is 23.2. The van der Waals surface area contributed by atoms with Crippen molar-refractivity contribution in [2.75, 3.05) is 0 Å². The Morgan fingerprint density at radius 1 is 0.318 bits per heavy atom. The van der Waals surface area contributed by atoms with E-state index in [9.17, 15) is 61.5 Å². The van der Waals surface area contributed by atoms with Gasteiger partial charge in [0.2, 0.25) is 7.18 Å². The van der Waals surface area contributed by atoms with Gasteiger partial charge in [-0.2, -0.15) is 61.5 Å². The zero-order valence-electron chi connectivity index (χ0n) is 9.17. The minimum atomic E-state index is -8.04. The van der Waals surface area contributed by atoms with Crippen LogP contribution in [0.5, 0.6) is 0 Å². The number of rotatable bonds is 3. The molecule has 0 aromatic rings. The van der Waals surface area contributed by atoms with E-state index in [4.69, 9.17) is 4.39 Å². The Labute approximate surface area is 110 Å². The van der Waals surface area contributed by atoms with Crippen molar-refractivity contribution in [3.05, 3.63) is 7.18 Å². The maximum absolute atomic E-state index is 12.3. The number of hydrogen-bond donors (Lipinski definition) is 0. The summed E-state index contributed by atoms with van der Waals surface area (Å²) in [6.45, 7) is 0. The molecule has 0 rings (SSSR count). The molecule has 0 fully saturated rings. The topological polar surface area (TPSA) is 0 Å². The van der Waals surface area contributed by atoms with Gasteiger partial charge >= 0.3 is 36.0 Å². The molecule has 0 aliphatic carbocycles. The molecule has 0 unspecified atom stereocenters. The van der Waals surface area contributed by atoms with Crippen LogP contribution in [0.15, 0.2) is 0 Å². The first-order chi connectivity index (χ1) is 9.25. The molecule has 0 aromatic carbocycles. The Morgan fingerprint density at radius 3 is 0.545 bits per heavy atom. The summed E-state index contributed by atoms with van der Waals surface area (Å²) in [5.74, 6) is -31.7. The minimum Gasteiger partial charge on any atom is -0.232 e. The summed E-state index contributed by atoms with van der Waals surface area (Å²) in [5, 5.41) is 0. The van der Waals surface area contributed by atoms with Crippen molar-refractivity contribution in [2.24, 2.45) is 0 Å². The molecule has 133 valence electrons. The van der Waals surface area contributed by atoms with Gasteiger partial charge in [-0.25, -0.2) is 4.39 Å². The fourth-order valence-corrected chi connectivity index (χ4v) is 0.750. The summed E-state index contributed by atoms with van der Waals surface area (Å²) in [5.41, 5.74) is 0. The van der Waals surface area contributed by atoms with E-state index in [1.807, 2.05) is 0 Å². The molecule has 0 aliphatic rings. The van der Waals surface area contributed by atoms with Gasteiger partial charge in [0.1, 0.15) is 0 Å². The Kier molecular flexibility index (Phi) is 6.19. The highest BCUT2D eigenvalue weighted by Crippen LogP contribution is 2.60. The third kappa shape index (κ3) is 3.16. The first-order valence-electron chi connectivity index (χ1n) is 4.08. The summed E-state index contributed by atoms with van der Waals surface area (Å²) in [6.07, 6.45) is -15.0. The van der Waals surface area contributed by atoms with Crippen LogP contribution in [0.2, 0.25) is 0 Å². The van der Waals surface area contributed by atoms with Crippen LogP contribution in [0.4, 0.5) is 65.9 Å². The normalized spacial score (nSPS) is 15.3. The molecule has 0 aromatic heterocycles. The van der Waals surface area contributed by atoms with Crippen molar-refractivity contribution in [3.63, 3.8) is 0 Å². The van der Waals surface area contributed by atoms with Gasteiger partial charge in [0.25, 0.3) is 0 Å². The summed E-state index contributed by atoms with van der Waals surface area (Å²) in [7, 11) is 4.25. The molecule has 0 saturated carbocycles. The zero-order valence-corrected chi connectivity index (χ0v) is 9.17. The highest BCUT2D eigenvalue weighted by molar-refractivity contribution is 5.08. The molecule has 0 atom stereocenters. The lowest BCUT2D eigenvalue weighted by molar-refractivity contribution is -0.451. The zero-order chi connectivity index (χ0) is 19.0. The lowest BCUT2D eigenvalue weighted by Gasteiger charge is -2.37. The van der Waals surface area contributed by atoms with E-state index in [2.05, 4.69) is 7.18 Å². The highest BCUT2D eigenvalue weighted by atomic mass is 19.4. The fraction of sp³-hybridized carbons (Fsp3) is 0.857. The van der Waals surface area contributed by atoms with Crippen LogP contribution in [0.25, 0.3) is 0 Å². The lowest BCUT2D eigenvalue weighted by atomic mass is 9.98. The van der Waals surface area contributed by atoms with Crippen LogP contribution >= 0.6 is 0 Å². The molecule has 3 radical (unpaired) electrons. The lowest BCUT2D eigenvalue weighted by Crippen LogP contribution is -2.69. The largest absolute Gasteiger partial charge is 0.460 e. The molecule has 0 spiro atoms. The molecule has 0 heterocycles. The van der Waals surface area contributed by atoms with Gasteiger partial charge < -0.3 is 0 Å². The van der Waals surface area contributed by atoms with Crippen molar-refractivity contribution >= 4 is 0 Å². The van der Waals surface area contributed by atoms with Crippen LogP contribution in [0, 0.1) is 7.18 Å². The van der Waals surface area contributed by atoms with E-state index in [0.29, 0.717) is 0 Å². The van der Waals surface area contributed by atoms with Crippen LogP contribution in [-0.4, -0.2) is 36.0 Å². The Bertz CT molecular complexity index is 321. The minimum absolute atomic E-state index is 4.25. The van der Waals surface area contributed by atoms with Gasteiger partial charge in [0.05, 0.1) is 0 Å². The molecule has 0 aliphatic heterocycles. The molecule has 0 amide bonds. The third-order valence-corrected chi connectivity index (χ3v) is 1.90. The van der Waals surface area contributed by atoms with Crippen molar-refractivity contribution in [2.45, 2.75) is 36.0 Å². The van der Waals surface area contributed by atoms with Gasteiger partial charge in [-0.3, -0.25) is 0 Å². The molecule has 22 heavy (non-hydrogen) atoms. The third-order valence-electron chi connectivity index (χ3n) is 1.90. The quantitative estimate of drug-likeness (QED) is 0.604. The summed E-state index contributed by atoms with van der Waals surface area (Å²) < 4.78 is 175. The monoisotopic (exact) mass is 369 g/mol. The van der Waals surface area contributed by atoms with E-state index >= 15 is 0 Å². The second-order valence-corrected chi connectivity index (χ2v) is 3.29. The number of hydrogen-bond acceptors (Lipinski definition) is 0. The van der Waals surface area contributed by atoms with E-state index in [0.717, 1.165) is 0 Å². The Hall–Kier alpha value is -1.05. The van der Waals surface area contributed by atoms with Gasteiger partial charge in [-0.15, -0.1) is 0 Å². The van der Waals surface area contributed by atoms with Gasteiger partial charge in [-0.1, -0.05) is 0 Å². The molecule has 0 saturated heterocycles. The van der Waals surface area contributed by atoms with Crippen LogP contribution < -0.4 is 0 Å². The summed E-state index contributed by atoms with van der Waals surface area (Å²) >= 11 is 0. The molecule has 0 bridgehead atoms. The molecule has 0 N–H and O–H groups in total. The maximum atomic E-state index is 12.3. The SMILES string of the molecule is FC(F)(F)C(F)(F)C(F)(F)C(F)(F)C(F)(F)C(F)(F)F.[C]F. The van der Waals surface area contributed by atoms with Crippen molar-refractivity contribution in [3.8, 4) is 0 Å². The van der Waals surface area contributed by atoms with E-state index in [1.165, 1.54) is 0 Å². The molecular weight excluding hydrogens is 369 g/mol. The predicted molar refractivity (Wildman–Crippen MR) is 36.2 cm³/mol. The number of alkyl halides is 14. The van der Waals surface area contributed by atoms with Crippen molar-refractivity contribution in [1.29, 1.82) is 0 Å². The highest BCUT2D eigenvalue weighted by Gasteiger charge is 2.91. The first-order valence-corrected chi connectivity index (χ1v) is 4.08. The van der Waals surface area contributed by atoms with E-state index < -0.39 is 36.0 Å². The Morgan fingerprint density at radius 2 is 0.455 bits per heavy atom. The molecule has 15 heteroatoms. The average Bonchev–Trinajstić information content (AvgIpc) is 2.27. The number of halogens is 15. The second-order valence-electron chi connectivity index (χ2n) is 3.29. The van der Waals surface area contributed by atoms with Crippen LogP contribution in [-0.2, 0) is 0 Å². The van der Waals surface area contributed by atoms with E-state index in [1.54, 1.807) is 0 Å². The maximum Gasteiger partial charge on any atom is 0.460 e. The Balaban J connectivity index is 0. The van der Waals surface area contributed by atoms with E-state index in [-0.39, 0.29) is 0 Å². The smallest absolute Gasteiger partial charge is 0.232 e. The van der Waals surface area contributed by atoms with Crippen molar-refractivity contribution < 1.29 is 65.9 Å². The second kappa shape index (κ2) is 5.86. The summed E-state index contributed by atoms with van der Waals surface area (Å²) in [6, 6.07) is 0. The molecule has 0 nitrogen and oxygen atoms in total. The van der Waals surface area contributed by atoms with Crippen LogP contribution in [0.1, 0.15) is 0 Å². The summed E-state index contributed by atoms with van der Waals surface area (Å²) in [4.78, 5) is 0. The average molecular weight is 369 g/mol. The van der Waals surface area contributed by atoms with Gasteiger partial charge in [0.15, 0.2) is 0 Å².